The normalized spacial score (nSPS) is 28.3. The first-order valence-corrected chi connectivity index (χ1v) is 7.95. The van der Waals surface area contributed by atoms with Crippen LogP contribution in [0.15, 0.2) is 48.0 Å². The fraction of sp³-hybridized carbons (Fsp3) is 0.412. The van der Waals surface area contributed by atoms with Crippen LogP contribution in [0, 0.1) is 0 Å². The molecule has 1 aromatic carbocycles. The fourth-order valence-electron chi connectivity index (χ4n) is 2.85. The van der Waals surface area contributed by atoms with Crippen LogP contribution < -0.4 is 0 Å². The van der Waals surface area contributed by atoms with Gasteiger partial charge in [-0.2, -0.15) is 0 Å². The van der Waals surface area contributed by atoms with Crippen molar-refractivity contribution >= 4 is 34.7 Å². The van der Waals surface area contributed by atoms with E-state index in [0.717, 1.165) is 5.56 Å². The SMILES string of the molecule is C=CC[C@]1(Cl)C(=O)C(Cl)C(=NCc2ccccc2)C1(OC)OC. The Morgan fingerprint density at radius 1 is 1.30 bits per heavy atom. The fourth-order valence-corrected chi connectivity index (χ4v) is 3.78. The number of carbonyl (C=O) groups is 1. The van der Waals surface area contributed by atoms with Gasteiger partial charge >= 0.3 is 0 Å². The van der Waals surface area contributed by atoms with Crippen molar-refractivity contribution in [1.29, 1.82) is 0 Å². The highest BCUT2D eigenvalue weighted by atomic mass is 35.5. The van der Waals surface area contributed by atoms with E-state index >= 15 is 0 Å². The molecule has 1 unspecified atom stereocenters. The molecule has 2 atom stereocenters. The maximum atomic E-state index is 12.6. The predicted octanol–water partition coefficient (Wildman–Crippen LogP) is 3.36. The van der Waals surface area contributed by atoms with Crippen LogP contribution in [0.2, 0.25) is 0 Å². The topological polar surface area (TPSA) is 47.9 Å². The number of alkyl halides is 2. The number of ether oxygens (including phenoxy) is 2. The molecule has 1 aliphatic rings. The molecular weight excluding hydrogens is 337 g/mol. The van der Waals surface area contributed by atoms with Crippen molar-refractivity contribution in [3.63, 3.8) is 0 Å². The third-order valence-electron chi connectivity index (χ3n) is 4.00. The molecule has 0 radical (unpaired) electrons. The molecule has 0 aliphatic heterocycles. The number of aliphatic imine (C=N–C) groups is 1. The summed E-state index contributed by atoms with van der Waals surface area (Å²) in [6, 6.07) is 9.61. The average Bonchev–Trinajstić information content (AvgIpc) is 2.73. The smallest absolute Gasteiger partial charge is 0.236 e. The van der Waals surface area contributed by atoms with Crippen molar-refractivity contribution in [3.05, 3.63) is 48.6 Å². The summed E-state index contributed by atoms with van der Waals surface area (Å²) in [6.07, 6.45) is 1.70. The van der Waals surface area contributed by atoms with Gasteiger partial charge in [-0.05, 0) is 12.0 Å². The van der Waals surface area contributed by atoms with E-state index in [0.29, 0.717) is 6.54 Å². The number of allylic oxidation sites excluding steroid dienone is 1. The zero-order valence-corrected chi connectivity index (χ0v) is 14.6. The molecule has 23 heavy (non-hydrogen) atoms. The molecule has 0 N–H and O–H groups in total. The van der Waals surface area contributed by atoms with E-state index in [1.165, 1.54) is 14.2 Å². The average molecular weight is 356 g/mol. The number of nitrogens with zero attached hydrogens (tertiary/aromatic N) is 1. The van der Waals surface area contributed by atoms with Gasteiger partial charge in [0.2, 0.25) is 5.79 Å². The number of methoxy groups -OCH3 is 2. The standard InChI is InChI=1S/C17H19Cl2NO3/c1-4-10-16(19)15(21)13(18)14(17(16,22-2)23-3)20-11-12-8-6-5-7-9-12/h4-9,13H,1,10-11H2,2-3H3/t13?,16-/m0/s1. The van der Waals surface area contributed by atoms with E-state index in [1.54, 1.807) is 6.08 Å². The van der Waals surface area contributed by atoms with E-state index in [9.17, 15) is 4.79 Å². The number of hydrogen-bond acceptors (Lipinski definition) is 4. The Morgan fingerprint density at radius 3 is 2.43 bits per heavy atom. The van der Waals surface area contributed by atoms with Crippen LogP contribution in [0.1, 0.15) is 12.0 Å². The number of benzene rings is 1. The Balaban J connectivity index is 2.48. The van der Waals surface area contributed by atoms with E-state index in [1.807, 2.05) is 30.3 Å². The minimum atomic E-state index is -1.51. The molecule has 0 amide bonds. The maximum absolute atomic E-state index is 12.6. The predicted molar refractivity (Wildman–Crippen MR) is 92.4 cm³/mol. The summed E-state index contributed by atoms with van der Waals surface area (Å²) < 4.78 is 11.0. The van der Waals surface area contributed by atoms with Crippen molar-refractivity contribution < 1.29 is 14.3 Å². The number of halogens is 2. The molecule has 1 aliphatic carbocycles. The van der Waals surface area contributed by atoms with Crippen LogP contribution >= 0.6 is 23.2 Å². The van der Waals surface area contributed by atoms with Crippen molar-refractivity contribution in [1.82, 2.24) is 0 Å². The van der Waals surface area contributed by atoms with Gasteiger partial charge in [0.1, 0.15) is 5.38 Å². The first kappa shape index (κ1) is 18.1. The summed E-state index contributed by atoms with van der Waals surface area (Å²) >= 11 is 12.9. The lowest BCUT2D eigenvalue weighted by Gasteiger charge is -2.37. The first-order valence-electron chi connectivity index (χ1n) is 7.14. The first-order chi connectivity index (χ1) is 11.0. The van der Waals surface area contributed by atoms with Gasteiger partial charge in [0.25, 0.3) is 0 Å². The molecule has 1 aromatic rings. The van der Waals surface area contributed by atoms with E-state index in [2.05, 4.69) is 11.6 Å². The highest BCUT2D eigenvalue weighted by Crippen LogP contribution is 2.47. The summed E-state index contributed by atoms with van der Waals surface area (Å²) in [5.41, 5.74) is 1.27. The molecule has 2 rings (SSSR count). The van der Waals surface area contributed by atoms with Crippen molar-refractivity contribution in [2.24, 2.45) is 4.99 Å². The van der Waals surface area contributed by atoms with Crippen LogP contribution in [0.25, 0.3) is 0 Å². The van der Waals surface area contributed by atoms with Crippen LogP contribution in [0.4, 0.5) is 0 Å². The van der Waals surface area contributed by atoms with E-state index in [-0.39, 0.29) is 12.1 Å². The minimum Gasteiger partial charge on any atom is -0.347 e. The molecular formula is C17H19Cl2NO3. The Hall–Kier alpha value is -1.20. The van der Waals surface area contributed by atoms with Gasteiger partial charge in [-0.1, -0.05) is 36.4 Å². The highest BCUT2D eigenvalue weighted by molar-refractivity contribution is 6.56. The molecule has 0 saturated heterocycles. The minimum absolute atomic E-state index is 0.155. The summed E-state index contributed by atoms with van der Waals surface area (Å²) in [7, 11) is 2.84. The largest absolute Gasteiger partial charge is 0.347 e. The summed E-state index contributed by atoms with van der Waals surface area (Å²) in [4.78, 5) is 15.6. The molecule has 124 valence electrons. The highest BCUT2D eigenvalue weighted by Gasteiger charge is 2.68. The number of carbonyl (C=O) groups excluding carboxylic acids is 1. The Morgan fingerprint density at radius 2 is 1.91 bits per heavy atom. The van der Waals surface area contributed by atoms with Crippen LogP contribution in [-0.4, -0.2) is 41.8 Å². The van der Waals surface area contributed by atoms with Gasteiger partial charge in [-0.3, -0.25) is 9.79 Å². The quantitative estimate of drug-likeness (QED) is 0.446. The van der Waals surface area contributed by atoms with Gasteiger partial charge in [-0.25, -0.2) is 0 Å². The number of hydrogen-bond donors (Lipinski definition) is 0. The zero-order chi connectivity index (χ0) is 17.1. The van der Waals surface area contributed by atoms with Gasteiger partial charge in [-0.15, -0.1) is 29.8 Å². The van der Waals surface area contributed by atoms with Crippen molar-refractivity contribution in [3.8, 4) is 0 Å². The third-order valence-corrected chi connectivity index (χ3v) is 4.99. The molecule has 6 heteroatoms. The molecule has 0 bridgehead atoms. The molecule has 4 nitrogen and oxygen atoms in total. The maximum Gasteiger partial charge on any atom is 0.236 e. The van der Waals surface area contributed by atoms with E-state index < -0.39 is 21.8 Å². The molecule has 1 saturated carbocycles. The van der Waals surface area contributed by atoms with Crippen LogP contribution in [-0.2, 0) is 20.8 Å². The molecule has 0 aromatic heterocycles. The lowest BCUT2D eigenvalue weighted by Crippen LogP contribution is -2.55. The lowest BCUT2D eigenvalue weighted by molar-refractivity contribution is -0.174. The van der Waals surface area contributed by atoms with Gasteiger partial charge < -0.3 is 9.47 Å². The Labute approximate surface area is 146 Å². The second-order valence-electron chi connectivity index (χ2n) is 5.23. The molecule has 0 spiro atoms. The summed E-state index contributed by atoms with van der Waals surface area (Å²) in [5.74, 6) is -1.91. The summed E-state index contributed by atoms with van der Waals surface area (Å²) in [6.45, 7) is 4.00. The molecule has 0 heterocycles. The number of Topliss-reactive ketones (excluding diaryl/α,β-unsaturated/α-hetero) is 1. The second-order valence-corrected chi connectivity index (χ2v) is 6.31. The van der Waals surface area contributed by atoms with Crippen molar-refractivity contribution in [2.45, 2.75) is 29.0 Å². The van der Waals surface area contributed by atoms with Crippen LogP contribution in [0.5, 0.6) is 0 Å². The monoisotopic (exact) mass is 355 g/mol. The summed E-state index contributed by atoms with van der Waals surface area (Å²) in [5, 5.41) is -1.00. The lowest BCUT2D eigenvalue weighted by atomic mass is 9.95. The third kappa shape index (κ3) is 2.85. The van der Waals surface area contributed by atoms with E-state index in [4.69, 9.17) is 32.7 Å². The van der Waals surface area contributed by atoms with Gasteiger partial charge in [0.05, 0.1) is 12.3 Å². The number of rotatable bonds is 6. The molecule has 1 fully saturated rings. The zero-order valence-electron chi connectivity index (χ0n) is 13.1. The number of ketones is 1. The Bertz CT molecular complexity index is 614. The van der Waals surface area contributed by atoms with Gasteiger partial charge in [0, 0.05) is 14.2 Å². The Kier molecular flexibility index (Phi) is 5.63. The second kappa shape index (κ2) is 7.14. The van der Waals surface area contributed by atoms with Crippen molar-refractivity contribution in [2.75, 3.05) is 14.2 Å². The van der Waals surface area contributed by atoms with Crippen LogP contribution in [0.3, 0.4) is 0 Å². The van der Waals surface area contributed by atoms with Gasteiger partial charge in [0.15, 0.2) is 10.7 Å².